The first kappa shape index (κ1) is 12.7. The molecule has 1 aromatic carbocycles. The van der Waals surface area contributed by atoms with Gasteiger partial charge in [0.2, 0.25) is 0 Å². The Balaban J connectivity index is 1.99. The van der Waals surface area contributed by atoms with Crippen molar-refractivity contribution in [3.05, 3.63) is 72.3 Å². The Labute approximate surface area is 117 Å². The number of benzene rings is 1. The van der Waals surface area contributed by atoms with Crippen LogP contribution in [0.25, 0.3) is 10.8 Å². The molecule has 0 aliphatic carbocycles. The van der Waals surface area contributed by atoms with Gasteiger partial charge in [-0.15, -0.1) is 0 Å². The highest BCUT2D eigenvalue weighted by Gasteiger charge is 2.15. The van der Waals surface area contributed by atoms with Gasteiger partial charge in [0.15, 0.2) is 0 Å². The van der Waals surface area contributed by atoms with E-state index in [1.165, 1.54) is 5.39 Å². The maximum Gasteiger partial charge on any atom is 0.0693 e. The fourth-order valence-corrected chi connectivity index (χ4v) is 2.38. The zero-order valence-electron chi connectivity index (χ0n) is 11.0. The van der Waals surface area contributed by atoms with E-state index < -0.39 is 0 Å². The summed E-state index contributed by atoms with van der Waals surface area (Å²) in [6, 6.07) is 16.0. The molecular formula is C16H16N4. The Morgan fingerprint density at radius 3 is 2.60 bits per heavy atom. The van der Waals surface area contributed by atoms with Crippen LogP contribution in [0, 0.1) is 0 Å². The molecular weight excluding hydrogens is 248 g/mol. The third kappa shape index (κ3) is 2.52. The van der Waals surface area contributed by atoms with Crippen molar-refractivity contribution in [1.29, 1.82) is 0 Å². The normalized spacial score (nSPS) is 12.4. The Morgan fingerprint density at radius 2 is 1.80 bits per heavy atom. The van der Waals surface area contributed by atoms with Crippen LogP contribution in [0.1, 0.15) is 17.4 Å². The van der Waals surface area contributed by atoms with Crippen molar-refractivity contribution in [2.24, 2.45) is 5.84 Å². The average Bonchev–Trinajstić information content (AvgIpc) is 2.53. The van der Waals surface area contributed by atoms with Gasteiger partial charge < -0.3 is 0 Å². The molecule has 0 bridgehead atoms. The summed E-state index contributed by atoms with van der Waals surface area (Å²) in [6.45, 7) is 0. The van der Waals surface area contributed by atoms with Gasteiger partial charge in [0.1, 0.15) is 0 Å². The maximum atomic E-state index is 5.73. The molecule has 3 aromatic rings. The van der Waals surface area contributed by atoms with Gasteiger partial charge in [0, 0.05) is 29.9 Å². The number of rotatable bonds is 4. The lowest BCUT2D eigenvalue weighted by atomic mass is 10.0. The van der Waals surface area contributed by atoms with Crippen molar-refractivity contribution in [2.45, 2.75) is 12.5 Å². The summed E-state index contributed by atoms with van der Waals surface area (Å²) in [5.74, 6) is 5.73. The molecule has 0 aliphatic heterocycles. The number of fused-ring (bicyclic) bond motifs is 1. The van der Waals surface area contributed by atoms with Gasteiger partial charge in [-0.2, -0.15) is 0 Å². The van der Waals surface area contributed by atoms with E-state index in [4.69, 9.17) is 5.84 Å². The third-order valence-corrected chi connectivity index (χ3v) is 3.38. The molecule has 0 saturated carbocycles. The topological polar surface area (TPSA) is 63.8 Å². The summed E-state index contributed by atoms with van der Waals surface area (Å²) < 4.78 is 0. The van der Waals surface area contributed by atoms with E-state index in [-0.39, 0.29) is 6.04 Å². The van der Waals surface area contributed by atoms with Crippen molar-refractivity contribution >= 4 is 10.8 Å². The van der Waals surface area contributed by atoms with Crippen LogP contribution in [0.2, 0.25) is 0 Å². The second-order valence-corrected chi connectivity index (χ2v) is 4.66. The van der Waals surface area contributed by atoms with Crippen LogP contribution < -0.4 is 11.3 Å². The van der Waals surface area contributed by atoms with E-state index in [0.29, 0.717) is 6.42 Å². The number of nitrogens with one attached hydrogen (secondary N) is 1. The number of nitrogens with two attached hydrogens (primary N) is 1. The predicted molar refractivity (Wildman–Crippen MR) is 79.7 cm³/mol. The molecule has 4 heteroatoms. The van der Waals surface area contributed by atoms with Crippen molar-refractivity contribution in [3.8, 4) is 0 Å². The van der Waals surface area contributed by atoms with Gasteiger partial charge in [-0.1, -0.05) is 30.3 Å². The van der Waals surface area contributed by atoms with Crippen LogP contribution in [0.15, 0.2) is 60.9 Å². The van der Waals surface area contributed by atoms with Crippen LogP contribution in [-0.4, -0.2) is 9.97 Å². The molecule has 0 saturated heterocycles. The number of hydrogen-bond acceptors (Lipinski definition) is 4. The first-order valence-corrected chi connectivity index (χ1v) is 6.58. The molecule has 2 aromatic heterocycles. The lowest BCUT2D eigenvalue weighted by molar-refractivity contribution is 0.537. The quantitative estimate of drug-likeness (QED) is 0.561. The first-order valence-electron chi connectivity index (χ1n) is 6.58. The monoisotopic (exact) mass is 264 g/mol. The maximum absolute atomic E-state index is 5.73. The summed E-state index contributed by atoms with van der Waals surface area (Å²) in [5.41, 5.74) is 4.80. The minimum absolute atomic E-state index is 0.0593. The minimum atomic E-state index is -0.0593. The van der Waals surface area contributed by atoms with E-state index in [1.807, 2.05) is 42.6 Å². The molecule has 4 nitrogen and oxygen atoms in total. The summed E-state index contributed by atoms with van der Waals surface area (Å²) >= 11 is 0. The Morgan fingerprint density at radius 1 is 0.950 bits per heavy atom. The fraction of sp³-hybridized carbons (Fsp3) is 0.125. The standard InChI is InChI=1S/C16H16N4/c17-20-15(11-13-6-3-4-9-18-13)16-14-7-2-1-5-12(14)8-10-19-16/h1-10,15,20H,11,17H2. The molecule has 3 rings (SSSR count). The molecule has 100 valence electrons. The van der Waals surface area contributed by atoms with Gasteiger partial charge in [-0.25, -0.2) is 0 Å². The van der Waals surface area contributed by atoms with Crippen LogP contribution in [-0.2, 0) is 6.42 Å². The van der Waals surface area contributed by atoms with Gasteiger partial charge in [0.05, 0.1) is 11.7 Å². The molecule has 0 fully saturated rings. The molecule has 20 heavy (non-hydrogen) atoms. The smallest absolute Gasteiger partial charge is 0.0693 e. The number of pyridine rings is 2. The van der Waals surface area contributed by atoms with Crippen molar-refractivity contribution < 1.29 is 0 Å². The molecule has 0 aliphatic rings. The van der Waals surface area contributed by atoms with Gasteiger partial charge >= 0.3 is 0 Å². The van der Waals surface area contributed by atoms with Crippen LogP contribution >= 0.6 is 0 Å². The molecule has 1 unspecified atom stereocenters. The zero-order chi connectivity index (χ0) is 13.8. The Kier molecular flexibility index (Phi) is 3.67. The van der Waals surface area contributed by atoms with Gasteiger partial charge in [-0.05, 0) is 23.6 Å². The van der Waals surface area contributed by atoms with E-state index in [9.17, 15) is 0 Å². The lowest BCUT2D eigenvalue weighted by Crippen LogP contribution is -2.30. The zero-order valence-corrected chi connectivity index (χ0v) is 11.0. The number of aromatic nitrogens is 2. The largest absolute Gasteiger partial charge is 0.271 e. The first-order chi connectivity index (χ1) is 9.88. The van der Waals surface area contributed by atoms with E-state index >= 15 is 0 Å². The van der Waals surface area contributed by atoms with Crippen molar-refractivity contribution in [3.63, 3.8) is 0 Å². The van der Waals surface area contributed by atoms with Gasteiger partial charge in [0.25, 0.3) is 0 Å². The Bertz CT molecular complexity index is 692. The third-order valence-electron chi connectivity index (χ3n) is 3.38. The van der Waals surface area contributed by atoms with E-state index in [1.54, 1.807) is 6.20 Å². The van der Waals surface area contributed by atoms with Crippen LogP contribution in [0.5, 0.6) is 0 Å². The molecule has 2 heterocycles. The van der Waals surface area contributed by atoms with E-state index in [2.05, 4.69) is 27.5 Å². The number of nitrogens with zero attached hydrogens (tertiary/aromatic N) is 2. The van der Waals surface area contributed by atoms with Crippen molar-refractivity contribution in [2.75, 3.05) is 0 Å². The molecule has 0 amide bonds. The molecule has 0 radical (unpaired) electrons. The van der Waals surface area contributed by atoms with Crippen LogP contribution in [0.3, 0.4) is 0 Å². The summed E-state index contributed by atoms with van der Waals surface area (Å²) in [5, 5.41) is 2.28. The van der Waals surface area contributed by atoms with Crippen LogP contribution in [0.4, 0.5) is 0 Å². The highest BCUT2D eigenvalue weighted by molar-refractivity contribution is 5.84. The minimum Gasteiger partial charge on any atom is -0.271 e. The second-order valence-electron chi connectivity index (χ2n) is 4.66. The fourth-order valence-electron chi connectivity index (χ4n) is 2.38. The number of hydrazine groups is 1. The van der Waals surface area contributed by atoms with E-state index in [0.717, 1.165) is 16.8 Å². The predicted octanol–water partition coefficient (Wildman–Crippen LogP) is 2.38. The average molecular weight is 264 g/mol. The molecule has 1 atom stereocenters. The highest BCUT2D eigenvalue weighted by Crippen LogP contribution is 2.23. The number of hydrogen-bond donors (Lipinski definition) is 2. The van der Waals surface area contributed by atoms with Gasteiger partial charge in [-0.3, -0.25) is 21.2 Å². The molecule has 0 spiro atoms. The summed E-state index contributed by atoms with van der Waals surface area (Å²) in [4.78, 5) is 8.85. The van der Waals surface area contributed by atoms with Crippen molar-refractivity contribution in [1.82, 2.24) is 15.4 Å². The second kappa shape index (κ2) is 5.77. The summed E-state index contributed by atoms with van der Waals surface area (Å²) in [7, 11) is 0. The molecule has 3 N–H and O–H groups in total. The Hall–Kier alpha value is -2.30. The lowest BCUT2D eigenvalue weighted by Gasteiger charge is -2.17. The summed E-state index contributed by atoms with van der Waals surface area (Å²) in [6.07, 6.45) is 4.32. The highest BCUT2D eigenvalue weighted by atomic mass is 15.2. The SMILES string of the molecule is NNC(Cc1ccccn1)c1nccc2ccccc12.